The first-order chi connectivity index (χ1) is 10.4. The number of imidazole rings is 1. The summed E-state index contributed by atoms with van der Waals surface area (Å²) in [6.07, 6.45) is 5.75. The molecule has 4 heterocycles. The van der Waals surface area contributed by atoms with Crippen molar-refractivity contribution in [3.05, 3.63) is 41.8 Å². The van der Waals surface area contributed by atoms with Crippen LogP contribution in [0, 0.1) is 0 Å². The average molecular weight is 300 g/mol. The predicted octanol–water partition coefficient (Wildman–Crippen LogP) is 2.29. The zero-order chi connectivity index (χ0) is 14.1. The second-order valence-electron chi connectivity index (χ2n) is 5.14. The van der Waals surface area contributed by atoms with Crippen LogP contribution in [0.3, 0.4) is 0 Å². The number of ether oxygens (including phenoxy) is 1. The largest absolute Gasteiger partial charge is 0.379 e. The van der Waals surface area contributed by atoms with Gasteiger partial charge in [0.15, 0.2) is 4.96 Å². The van der Waals surface area contributed by atoms with E-state index in [9.17, 15) is 0 Å². The van der Waals surface area contributed by atoms with Crippen molar-refractivity contribution in [2.75, 3.05) is 26.3 Å². The summed E-state index contributed by atoms with van der Waals surface area (Å²) in [6.45, 7) is 4.62. The van der Waals surface area contributed by atoms with E-state index >= 15 is 0 Å². The first-order valence-corrected chi connectivity index (χ1v) is 7.94. The summed E-state index contributed by atoms with van der Waals surface area (Å²) in [5.41, 5.74) is 3.34. The molecular weight excluding hydrogens is 284 g/mol. The Bertz CT molecular complexity index is 731. The summed E-state index contributed by atoms with van der Waals surface area (Å²) >= 11 is 1.69. The van der Waals surface area contributed by atoms with Crippen LogP contribution in [-0.2, 0) is 11.3 Å². The van der Waals surface area contributed by atoms with Crippen LogP contribution in [-0.4, -0.2) is 45.6 Å². The molecule has 0 atom stereocenters. The second-order valence-corrected chi connectivity index (χ2v) is 5.97. The lowest BCUT2D eigenvalue weighted by Crippen LogP contribution is -2.35. The normalized spacial score (nSPS) is 16.6. The smallest absolute Gasteiger partial charge is 0.194 e. The van der Waals surface area contributed by atoms with Gasteiger partial charge in [0.05, 0.1) is 18.9 Å². The number of hydrogen-bond acceptors (Lipinski definition) is 5. The van der Waals surface area contributed by atoms with Crippen molar-refractivity contribution in [2.24, 2.45) is 0 Å². The van der Waals surface area contributed by atoms with Gasteiger partial charge in [-0.25, -0.2) is 4.98 Å². The summed E-state index contributed by atoms with van der Waals surface area (Å²) in [6, 6.07) is 3.98. The fraction of sp³-hybridized carbons (Fsp3) is 0.333. The maximum atomic E-state index is 5.40. The highest BCUT2D eigenvalue weighted by Gasteiger charge is 2.15. The van der Waals surface area contributed by atoms with Gasteiger partial charge in [0.1, 0.15) is 0 Å². The van der Waals surface area contributed by atoms with Gasteiger partial charge >= 0.3 is 0 Å². The Morgan fingerprint density at radius 2 is 2.19 bits per heavy atom. The molecule has 3 aromatic rings. The zero-order valence-corrected chi connectivity index (χ0v) is 12.4. The lowest BCUT2D eigenvalue weighted by molar-refractivity contribution is 0.0336. The molecule has 0 radical (unpaired) electrons. The summed E-state index contributed by atoms with van der Waals surface area (Å²) in [5, 5.41) is 2.20. The predicted molar refractivity (Wildman–Crippen MR) is 82.4 cm³/mol. The van der Waals surface area contributed by atoms with Crippen molar-refractivity contribution in [3.63, 3.8) is 0 Å². The standard InChI is InChI=1S/C15H16N4OS/c1-2-12(8-16-3-1)14-10-19-13(11-21-15(19)17-14)9-18-4-6-20-7-5-18/h1-3,8,10-11H,4-7,9H2. The molecule has 21 heavy (non-hydrogen) atoms. The van der Waals surface area contributed by atoms with E-state index in [1.807, 2.05) is 18.3 Å². The van der Waals surface area contributed by atoms with Crippen LogP contribution in [0.1, 0.15) is 5.69 Å². The topological polar surface area (TPSA) is 42.7 Å². The highest BCUT2D eigenvalue weighted by atomic mass is 32.1. The molecule has 0 saturated carbocycles. The Morgan fingerprint density at radius 1 is 1.29 bits per heavy atom. The van der Waals surface area contributed by atoms with E-state index in [1.54, 1.807) is 17.5 Å². The molecule has 6 heteroatoms. The van der Waals surface area contributed by atoms with Crippen molar-refractivity contribution in [1.29, 1.82) is 0 Å². The van der Waals surface area contributed by atoms with Crippen LogP contribution in [0.25, 0.3) is 16.2 Å². The molecule has 1 saturated heterocycles. The molecular formula is C15H16N4OS. The van der Waals surface area contributed by atoms with Gasteiger partial charge in [0.25, 0.3) is 0 Å². The van der Waals surface area contributed by atoms with E-state index in [4.69, 9.17) is 9.72 Å². The SMILES string of the molecule is c1cncc(-c2cn3c(CN4CCOCC4)csc3n2)c1. The lowest BCUT2D eigenvalue weighted by atomic mass is 10.2. The molecule has 0 amide bonds. The third-order valence-corrected chi connectivity index (χ3v) is 4.62. The molecule has 3 aromatic heterocycles. The van der Waals surface area contributed by atoms with Crippen molar-refractivity contribution < 1.29 is 4.74 Å². The lowest BCUT2D eigenvalue weighted by Gasteiger charge is -2.26. The van der Waals surface area contributed by atoms with Crippen LogP contribution in [0.5, 0.6) is 0 Å². The summed E-state index contributed by atoms with van der Waals surface area (Å²) in [7, 11) is 0. The molecule has 0 N–H and O–H groups in total. The quantitative estimate of drug-likeness (QED) is 0.744. The van der Waals surface area contributed by atoms with E-state index < -0.39 is 0 Å². The fourth-order valence-corrected chi connectivity index (χ4v) is 3.45. The Hall–Kier alpha value is -1.76. The van der Waals surface area contributed by atoms with E-state index in [-0.39, 0.29) is 0 Å². The molecule has 0 aliphatic carbocycles. The van der Waals surface area contributed by atoms with Crippen LogP contribution in [0.2, 0.25) is 0 Å². The first kappa shape index (κ1) is 12.9. The maximum Gasteiger partial charge on any atom is 0.194 e. The van der Waals surface area contributed by atoms with E-state index in [0.29, 0.717) is 0 Å². The number of rotatable bonds is 3. The highest BCUT2D eigenvalue weighted by Crippen LogP contribution is 2.23. The van der Waals surface area contributed by atoms with E-state index in [0.717, 1.165) is 49.1 Å². The molecule has 0 aromatic carbocycles. The number of morpholine rings is 1. The number of thiazole rings is 1. The van der Waals surface area contributed by atoms with Gasteiger partial charge in [-0.1, -0.05) is 0 Å². The Morgan fingerprint density at radius 3 is 3.00 bits per heavy atom. The zero-order valence-electron chi connectivity index (χ0n) is 11.6. The minimum atomic E-state index is 0.831. The number of fused-ring (bicyclic) bond motifs is 1. The molecule has 0 unspecified atom stereocenters. The number of pyridine rings is 1. The molecule has 4 rings (SSSR count). The third-order valence-electron chi connectivity index (χ3n) is 3.73. The Balaban J connectivity index is 1.63. The van der Waals surface area contributed by atoms with E-state index in [1.165, 1.54) is 5.69 Å². The van der Waals surface area contributed by atoms with Crippen LogP contribution in [0.15, 0.2) is 36.1 Å². The van der Waals surface area contributed by atoms with Gasteiger partial charge in [0, 0.05) is 54.9 Å². The molecule has 1 aliphatic rings. The second kappa shape index (κ2) is 5.55. The highest BCUT2D eigenvalue weighted by molar-refractivity contribution is 7.15. The molecule has 1 aliphatic heterocycles. The van der Waals surface area contributed by atoms with Crippen molar-refractivity contribution in [1.82, 2.24) is 19.3 Å². The monoisotopic (exact) mass is 300 g/mol. The van der Waals surface area contributed by atoms with Gasteiger partial charge in [0.2, 0.25) is 0 Å². The molecule has 1 fully saturated rings. The van der Waals surface area contributed by atoms with Crippen molar-refractivity contribution >= 4 is 16.3 Å². The van der Waals surface area contributed by atoms with Gasteiger partial charge < -0.3 is 4.74 Å². The number of hydrogen-bond donors (Lipinski definition) is 0. The van der Waals surface area contributed by atoms with Gasteiger partial charge in [-0.05, 0) is 12.1 Å². The van der Waals surface area contributed by atoms with Crippen LogP contribution >= 0.6 is 11.3 Å². The van der Waals surface area contributed by atoms with E-state index in [2.05, 4.69) is 25.9 Å². The minimum Gasteiger partial charge on any atom is -0.379 e. The molecule has 5 nitrogen and oxygen atoms in total. The maximum absolute atomic E-state index is 5.40. The summed E-state index contributed by atoms with van der Waals surface area (Å²) in [4.78, 5) is 12.3. The van der Waals surface area contributed by atoms with Gasteiger partial charge in [-0.15, -0.1) is 11.3 Å². The Labute approximate surface area is 126 Å². The fourth-order valence-electron chi connectivity index (χ4n) is 2.58. The third kappa shape index (κ3) is 2.57. The molecule has 0 spiro atoms. The average Bonchev–Trinajstić information content (AvgIpc) is 3.11. The van der Waals surface area contributed by atoms with Gasteiger partial charge in [-0.2, -0.15) is 0 Å². The first-order valence-electron chi connectivity index (χ1n) is 7.06. The Kier molecular flexibility index (Phi) is 3.42. The van der Waals surface area contributed by atoms with Crippen LogP contribution in [0.4, 0.5) is 0 Å². The minimum absolute atomic E-state index is 0.831. The summed E-state index contributed by atoms with van der Waals surface area (Å²) in [5.74, 6) is 0. The van der Waals surface area contributed by atoms with Crippen molar-refractivity contribution in [3.8, 4) is 11.3 Å². The van der Waals surface area contributed by atoms with Crippen molar-refractivity contribution in [2.45, 2.75) is 6.54 Å². The molecule has 108 valence electrons. The number of aromatic nitrogens is 3. The van der Waals surface area contributed by atoms with Crippen LogP contribution < -0.4 is 0 Å². The number of nitrogens with zero attached hydrogens (tertiary/aromatic N) is 4. The molecule has 0 bridgehead atoms. The van der Waals surface area contributed by atoms with Gasteiger partial charge in [-0.3, -0.25) is 14.3 Å². The summed E-state index contributed by atoms with van der Waals surface area (Å²) < 4.78 is 7.60.